The molecule has 0 fully saturated rings. The summed E-state index contributed by atoms with van der Waals surface area (Å²) in [6.07, 6.45) is 11.2. The van der Waals surface area contributed by atoms with E-state index in [1.807, 2.05) is 48.6 Å². The van der Waals surface area contributed by atoms with Crippen molar-refractivity contribution in [2.45, 2.75) is 12.8 Å². The summed E-state index contributed by atoms with van der Waals surface area (Å²) in [5.74, 6) is -0.0816. The van der Waals surface area contributed by atoms with E-state index in [9.17, 15) is 9.59 Å². The van der Waals surface area contributed by atoms with E-state index in [0.29, 0.717) is 13.0 Å². The third kappa shape index (κ3) is 2.57. The second kappa shape index (κ2) is 5.47. The number of rotatable bonds is 2. The zero-order chi connectivity index (χ0) is 15.8. The SMILES string of the molecule is O=C1N=C2C=CC=CC2C=C1Cc1ccc2c(c1)CCNC2=O. The highest BCUT2D eigenvalue weighted by Crippen LogP contribution is 2.24. The van der Waals surface area contributed by atoms with Crippen molar-refractivity contribution in [1.29, 1.82) is 0 Å². The summed E-state index contributed by atoms with van der Waals surface area (Å²) in [7, 11) is 0. The van der Waals surface area contributed by atoms with Crippen molar-refractivity contribution in [3.63, 3.8) is 0 Å². The summed E-state index contributed by atoms with van der Waals surface area (Å²) in [6.45, 7) is 0.670. The summed E-state index contributed by atoms with van der Waals surface area (Å²) >= 11 is 0. The summed E-state index contributed by atoms with van der Waals surface area (Å²) in [4.78, 5) is 28.2. The molecule has 0 bridgehead atoms. The number of benzene rings is 1. The van der Waals surface area contributed by atoms with Gasteiger partial charge in [-0.25, -0.2) is 4.99 Å². The van der Waals surface area contributed by atoms with Crippen LogP contribution in [0.15, 0.2) is 59.1 Å². The molecule has 1 N–H and O–H groups in total. The number of fused-ring (bicyclic) bond motifs is 2. The Kier molecular flexibility index (Phi) is 3.30. The lowest BCUT2D eigenvalue weighted by atomic mass is 9.89. The average Bonchev–Trinajstić information content (AvgIpc) is 2.56. The lowest BCUT2D eigenvalue weighted by Gasteiger charge is -2.20. The molecular formula is C19H16N2O2. The van der Waals surface area contributed by atoms with Crippen LogP contribution < -0.4 is 5.32 Å². The highest BCUT2D eigenvalue weighted by atomic mass is 16.2. The fourth-order valence-electron chi connectivity index (χ4n) is 3.22. The van der Waals surface area contributed by atoms with E-state index >= 15 is 0 Å². The zero-order valence-corrected chi connectivity index (χ0v) is 12.6. The molecule has 4 heteroatoms. The molecule has 0 saturated heterocycles. The Hall–Kier alpha value is -2.75. The van der Waals surface area contributed by atoms with E-state index < -0.39 is 0 Å². The van der Waals surface area contributed by atoms with Gasteiger partial charge in [0, 0.05) is 30.0 Å². The van der Waals surface area contributed by atoms with Gasteiger partial charge in [-0.05, 0) is 29.7 Å². The van der Waals surface area contributed by atoms with Crippen LogP contribution in [0.4, 0.5) is 0 Å². The van der Waals surface area contributed by atoms with Gasteiger partial charge >= 0.3 is 0 Å². The zero-order valence-electron chi connectivity index (χ0n) is 12.6. The van der Waals surface area contributed by atoms with Crippen LogP contribution in [0, 0.1) is 5.92 Å². The molecular weight excluding hydrogens is 288 g/mol. The van der Waals surface area contributed by atoms with Gasteiger partial charge in [0.2, 0.25) is 0 Å². The quantitative estimate of drug-likeness (QED) is 0.910. The molecule has 114 valence electrons. The molecule has 1 aromatic carbocycles. The van der Waals surface area contributed by atoms with Gasteiger partial charge in [-0.15, -0.1) is 0 Å². The summed E-state index contributed by atoms with van der Waals surface area (Å²) in [5.41, 5.74) is 4.37. The molecule has 0 aromatic heterocycles. The third-order valence-corrected chi connectivity index (χ3v) is 4.41. The van der Waals surface area contributed by atoms with E-state index in [1.54, 1.807) is 0 Å². The number of nitrogens with zero attached hydrogens (tertiary/aromatic N) is 1. The lowest BCUT2D eigenvalue weighted by molar-refractivity contribution is -0.114. The molecule has 1 atom stereocenters. The number of hydrogen-bond acceptors (Lipinski definition) is 2. The van der Waals surface area contributed by atoms with Crippen LogP contribution in [0.2, 0.25) is 0 Å². The maximum absolute atomic E-state index is 12.2. The summed E-state index contributed by atoms with van der Waals surface area (Å²) in [6, 6.07) is 5.82. The molecule has 0 saturated carbocycles. The molecule has 2 heterocycles. The smallest absolute Gasteiger partial charge is 0.273 e. The van der Waals surface area contributed by atoms with Crippen LogP contribution in [0.1, 0.15) is 21.5 Å². The largest absolute Gasteiger partial charge is 0.352 e. The van der Waals surface area contributed by atoms with Crippen molar-refractivity contribution in [3.05, 3.63) is 70.8 Å². The van der Waals surface area contributed by atoms with Crippen molar-refractivity contribution in [2.75, 3.05) is 6.54 Å². The van der Waals surface area contributed by atoms with Gasteiger partial charge in [-0.2, -0.15) is 0 Å². The Bertz CT molecular complexity index is 828. The summed E-state index contributed by atoms with van der Waals surface area (Å²) in [5, 5.41) is 2.84. The Morgan fingerprint density at radius 3 is 3.04 bits per heavy atom. The standard InChI is InChI=1S/C19H16N2O2/c22-18-15(11-14-3-1-2-4-17(14)21-18)10-12-5-6-16-13(9-12)7-8-20-19(16)23/h1-6,9,11,14H,7-8,10H2,(H,20,23). The van der Waals surface area contributed by atoms with Crippen molar-refractivity contribution in [1.82, 2.24) is 5.32 Å². The molecule has 1 unspecified atom stereocenters. The number of allylic oxidation sites excluding steroid dienone is 5. The minimum absolute atomic E-state index is 0.0147. The van der Waals surface area contributed by atoms with Crippen molar-refractivity contribution in [3.8, 4) is 0 Å². The molecule has 2 aliphatic heterocycles. The molecule has 0 radical (unpaired) electrons. The average molecular weight is 304 g/mol. The predicted octanol–water partition coefficient (Wildman–Crippen LogP) is 2.16. The predicted molar refractivity (Wildman–Crippen MR) is 88.5 cm³/mol. The molecule has 4 rings (SSSR count). The lowest BCUT2D eigenvalue weighted by Crippen LogP contribution is -2.31. The van der Waals surface area contributed by atoms with Crippen LogP contribution in [0.3, 0.4) is 0 Å². The normalized spacial score (nSPS) is 22.0. The van der Waals surface area contributed by atoms with Crippen LogP contribution in [-0.4, -0.2) is 24.1 Å². The minimum atomic E-state index is -0.160. The van der Waals surface area contributed by atoms with Crippen molar-refractivity contribution < 1.29 is 9.59 Å². The highest BCUT2D eigenvalue weighted by Gasteiger charge is 2.23. The number of hydrogen-bond donors (Lipinski definition) is 1. The Labute approximate surface area is 134 Å². The number of aliphatic imine (C=N–C) groups is 1. The molecule has 1 aromatic rings. The van der Waals surface area contributed by atoms with Crippen LogP contribution >= 0.6 is 0 Å². The number of amides is 2. The van der Waals surface area contributed by atoms with Gasteiger partial charge < -0.3 is 5.32 Å². The first-order valence-corrected chi connectivity index (χ1v) is 7.79. The molecule has 1 aliphatic carbocycles. The number of carbonyl (C=O) groups is 2. The highest BCUT2D eigenvalue weighted by molar-refractivity contribution is 6.13. The first-order valence-electron chi connectivity index (χ1n) is 7.79. The van der Waals surface area contributed by atoms with E-state index in [2.05, 4.69) is 10.3 Å². The second-order valence-electron chi connectivity index (χ2n) is 5.98. The molecule has 23 heavy (non-hydrogen) atoms. The van der Waals surface area contributed by atoms with Crippen LogP contribution in [0.5, 0.6) is 0 Å². The van der Waals surface area contributed by atoms with Crippen LogP contribution in [-0.2, 0) is 17.6 Å². The third-order valence-electron chi connectivity index (χ3n) is 4.41. The first kappa shape index (κ1) is 13.9. The minimum Gasteiger partial charge on any atom is -0.352 e. The van der Waals surface area contributed by atoms with Gasteiger partial charge in [0.1, 0.15) is 0 Å². The molecule has 4 nitrogen and oxygen atoms in total. The van der Waals surface area contributed by atoms with Crippen molar-refractivity contribution in [2.24, 2.45) is 10.9 Å². The van der Waals surface area contributed by atoms with Gasteiger partial charge in [-0.3, -0.25) is 9.59 Å². The monoisotopic (exact) mass is 304 g/mol. The number of carbonyl (C=O) groups excluding carboxylic acids is 2. The van der Waals surface area contributed by atoms with E-state index in [1.165, 1.54) is 0 Å². The van der Waals surface area contributed by atoms with Gasteiger partial charge in [-0.1, -0.05) is 36.4 Å². The molecule has 2 amide bonds. The fourth-order valence-corrected chi connectivity index (χ4v) is 3.22. The summed E-state index contributed by atoms with van der Waals surface area (Å²) < 4.78 is 0. The Balaban J connectivity index is 1.60. The van der Waals surface area contributed by atoms with E-state index in [4.69, 9.17) is 0 Å². The van der Waals surface area contributed by atoms with E-state index in [-0.39, 0.29) is 17.7 Å². The Morgan fingerprint density at radius 1 is 1.22 bits per heavy atom. The maximum atomic E-state index is 12.2. The molecule has 3 aliphatic rings. The first-order chi connectivity index (χ1) is 11.2. The second-order valence-corrected chi connectivity index (χ2v) is 5.98. The van der Waals surface area contributed by atoms with Crippen molar-refractivity contribution >= 4 is 17.5 Å². The topological polar surface area (TPSA) is 58.5 Å². The van der Waals surface area contributed by atoms with Crippen LogP contribution in [0.25, 0.3) is 0 Å². The number of nitrogens with one attached hydrogen (secondary N) is 1. The Morgan fingerprint density at radius 2 is 2.13 bits per heavy atom. The van der Waals surface area contributed by atoms with Gasteiger partial charge in [0.25, 0.3) is 11.8 Å². The maximum Gasteiger partial charge on any atom is 0.273 e. The molecule has 0 spiro atoms. The van der Waals surface area contributed by atoms with Gasteiger partial charge in [0.05, 0.1) is 5.71 Å². The van der Waals surface area contributed by atoms with Gasteiger partial charge in [0.15, 0.2) is 0 Å². The number of dihydropyridines is 1. The van der Waals surface area contributed by atoms with E-state index in [0.717, 1.165) is 34.4 Å². The fraction of sp³-hybridized carbons (Fsp3) is 0.211.